The zero-order valence-corrected chi connectivity index (χ0v) is 70.0. The van der Waals surface area contributed by atoms with Crippen LogP contribution in [-0.2, 0) is 92.5 Å². The van der Waals surface area contributed by atoms with Gasteiger partial charge in [0.1, 0.15) is 73.2 Å². The largest absolute Gasteiger partial charge is 0.485 e. The van der Waals surface area contributed by atoms with Gasteiger partial charge in [0, 0.05) is 38.5 Å². The summed E-state index contributed by atoms with van der Waals surface area (Å²) in [6.45, 7) is 5.90. The number of benzene rings is 12. The summed E-state index contributed by atoms with van der Waals surface area (Å²) in [7, 11) is 0. The molecule has 18 heteroatoms. The summed E-state index contributed by atoms with van der Waals surface area (Å²) in [6.07, 6.45) is -4.45. The molecule has 0 bridgehead atoms. The Morgan fingerprint density at radius 3 is 0.634 bits per heavy atom. The van der Waals surface area contributed by atoms with Crippen molar-refractivity contribution in [2.75, 3.05) is 0 Å². The van der Waals surface area contributed by atoms with Crippen molar-refractivity contribution in [3.63, 3.8) is 0 Å². The second-order valence-corrected chi connectivity index (χ2v) is 31.8. The van der Waals surface area contributed by atoms with Gasteiger partial charge in [-0.1, -0.05) is 330 Å². The van der Waals surface area contributed by atoms with Crippen LogP contribution in [0.15, 0.2) is 328 Å². The molecule has 1 aliphatic carbocycles. The van der Waals surface area contributed by atoms with Crippen molar-refractivity contribution in [3.8, 4) is 34.5 Å². The third-order valence-corrected chi connectivity index (χ3v) is 23.9. The molecule has 12 aromatic rings. The predicted molar refractivity (Wildman–Crippen MR) is 476 cm³/mol. The zero-order valence-electron chi connectivity index (χ0n) is 70.0. The highest BCUT2D eigenvalue weighted by molar-refractivity contribution is 5.79. The van der Waals surface area contributed by atoms with E-state index in [0.717, 1.165) is 33.4 Å². The minimum Gasteiger partial charge on any atom is -0.485 e. The molecule has 9 N–H and O–H groups in total. The van der Waals surface area contributed by atoms with E-state index in [1.807, 2.05) is 200 Å². The van der Waals surface area contributed by atoms with E-state index < -0.39 is 88.7 Å². The van der Waals surface area contributed by atoms with Crippen LogP contribution in [0.2, 0.25) is 0 Å². The molecule has 0 heterocycles. The highest BCUT2D eigenvalue weighted by Gasteiger charge is 2.91. The third-order valence-electron chi connectivity index (χ3n) is 23.9. The van der Waals surface area contributed by atoms with Crippen molar-refractivity contribution in [3.05, 3.63) is 394 Å². The highest BCUT2D eigenvalue weighted by atomic mass is 16.5. The van der Waals surface area contributed by atoms with Gasteiger partial charge in [-0.25, -0.2) is 0 Å². The number of rotatable bonds is 42. The SMILES string of the molecule is CCC(NC(=O)CCc1cccc(OCc2ccccc2)c1OCc1ccccc1)C1(O)C(O)(Cc2ccccc2)C(O)(C(CC)NC(=O)CCc2cccc(OCc3ccccc3)c2OCc2ccccc2)C(O)(Cc2ccccc2)C(O)(C(CC)NC(=O)CCc2cccc(OCc3ccccc3)c2OCc2ccccc2)C1(O)Cc1ccccc1. The monoisotopic (exact) mass is 1650 g/mol. The lowest BCUT2D eigenvalue weighted by Gasteiger charge is -2.76. The van der Waals surface area contributed by atoms with Gasteiger partial charge in [-0.2, -0.15) is 0 Å². The fourth-order valence-corrected chi connectivity index (χ4v) is 17.7. The summed E-state index contributed by atoms with van der Waals surface area (Å²) in [5.41, 5.74) is -13.1. The molecule has 3 amide bonds. The van der Waals surface area contributed by atoms with Gasteiger partial charge in [0.15, 0.2) is 34.5 Å². The van der Waals surface area contributed by atoms with Crippen LogP contribution in [-0.4, -0.2) is 100 Å². The quantitative estimate of drug-likeness (QED) is 0.0172. The number of para-hydroxylation sites is 3. The minimum atomic E-state index is -3.52. The Kier molecular flexibility index (Phi) is 29.8. The van der Waals surface area contributed by atoms with Crippen LogP contribution in [0.4, 0.5) is 0 Å². The van der Waals surface area contributed by atoms with Crippen LogP contribution in [0.1, 0.15) is 126 Å². The molecule has 1 saturated carbocycles. The molecule has 13 rings (SSSR count). The van der Waals surface area contributed by atoms with Crippen LogP contribution in [0.3, 0.4) is 0 Å². The Bertz CT molecular complexity index is 4790. The van der Waals surface area contributed by atoms with Gasteiger partial charge >= 0.3 is 0 Å². The average molecular weight is 1660 g/mol. The Morgan fingerprint density at radius 2 is 0.439 bits per heavy atom. The van der Waals surface area contributed by atoms with Gasteiger partial charge in [-0.15, -0.1) is 0 Å². The number of nitrogens with one attached hydrogen (secondary N) is 3. The third kappa shape index (κ3) is 20.0. The number of ether oxygens (including phenoxy) is 6. The maximum Gasteiger partial charge on any atom is 0.220 e. The van der Waals surface area contributed by atoms with Crippen molar-refractivity contribution in [1.82, 2.24) is 16.0 Å². The Labute approximate surface area is 721 Å². The molecular formula is C105H111N3O15. The van der Waals surface area contributed by atoms with Crippen molar-refractivity contribution in [1.29, 1.82) is 0 Å². The van der Waals surface area contributed by atoms with E-state index in [1.165, 1.54) is 0 Å². The molecule has 0 aliphatic heterocycles. The van der Waals surface area contributed by atoms with E-state index in [1.54, 1.807) is 148 Å². The fraction of sp³-hybridized carbons (Fsp3) is 0.286. The molecule has 3 atom stereocenters. The highest BCUT2D eigenvalue weighted by Crippen LogP contribution is 2.65. The molecular weight excluding hydrogens is 1540 g/mol. The standard InChI is InChI=1S/C105H111N3O15/c1-4-91(106-94(109)64-61-85-55-34-58-88(118-70-79-43-22-10-23-44-79)97(85)121-73-82-49-28-13-29-50-82)103(115)100(112,67-76-37-16-7-17-38-76)104(116,92(5-2)107-95(110)65-62-86-56-35-59-89(119-71-80-45-24-11-25-46-80)98(86)122-74-83-51-30-14-31-52-83)102(114,69-78-41-20-9-21-42-78)105(117,101(103,113)68-77-39-18-8-19-40-77)93(6-3)108-96(111)66-63-87-57-36-60-90(120-72-81-47-26-12-27-48-81)99(87)123-75-84-53-32-15-33-54-84/h7-60,91-93,112-117H,4-6,61-75H2,1-3H3,(H,106,109)(H,107,110)(H,108,111). The molecule has 1 aliphatic rings. The van der Waals surface area contributed by atoms with E-state index >= 15 is 45.0 Å². The van der Waals surface area contributed by atoms with Crippen molar-refractivity contribution in [2.24, 2.45) is 0 Å². The van der Waals surface area contributed by atoms with E-state index in [0.29, 0.717) is 51.2 Å². The predicted octanol–water partition coefficient (Wildman–Crippen LogP) is 16.2. The summed E-state index contributed by atoms with van der Waals surface area (Å²) < 4.78 is 39.4. The molecule has 0 saturated heterocycles. The normalized spacial score (nSPS) is 19.9. The first kappa shape index (κ1) is 88.4. The number of hydrogen-bond donors (Lipinski definition) is 9. The van der Waals surface area contributed by atoms with Gasteiger partial charge in [0.25, 0.3) is 0 Å². The molecule has 123 heavy (non-hydrogen) atoms. The van der Waals surface area contributed by atoms with Crippen molar-refractivity contribution >= 4 is 17.7 Å². The Hall–Kier alpha value is -12.4. The number of aliphatic hydroxyl groups is 6. The van der Waals surface area contributed by atoms with Gasteiger partial charge in [0.05, 0.1) is 18.1 Å². The van der Waals surface area contributed by atoms with Gasteiger partial charge in [-0.05, 0) is 123 Å². The summed E-state index contributed by atoms with van der Waals surface area (Å²) in [4.78, 5) is 47.6. The van der Waals surface area contributed by atoms with E-state index in [-0.39, 0.29) is 114 Å². The molecule has 0 spiro atoms. The smallest absolute Gasteiger partial charge is 0.220 e. The van der Waals surface area contributed by atoms with Crippen LogP contribution in [0.25, 0.3) is 0 Å². The average Bonchev–Trinajstić information content (AvgIpc) is 0.634. The molecule has 636 valence electrons. The topological polar surface area (TPSA) is 264 Å². The summed E-state index contributed by atoms with van der Waals surface area (Å²) >= 11 is 0. The maximum atomic E-state index is 15.9. The van der Waals surface area contributed by atoms with Crippen LogP contribution in [0, 0.1) is 0 Å². The second-order valence-electron chi connectivity index (χ2n) is 31.8. The number of hydrogen-bond acceptors (Lipinski definition) is 15. The summed E-state index contributed by atoms with van der Waals surface area (Å²) in [5.74, 6) is 0.218. The first-order valence-electron chi connectivity index (χ1n) is 42.5. The van der Waals surface area contributed by atoms with Gasteiger partial charge in [-0.3, -0.25) is 14.4 Å². The Balaban J connectivity index is 0.950. The molecule has 18 nitrogen and oxygen atoms in total. The molecule has 3 unspecified atom stereocenters. The second kappa shape index (κ2) is 41.5. The first-order valence-corrected chi connectivity index (χ1v) is 42.5. The maximum absolute atomic E-state index is 15.9. The van der Waals surface area contributed by atoms with Crippen molar-refractivity contribution in [2.45, 2.75) is 189 Å². The number of carbonyl (C=O) groups excluding carboxylic acids is 3. The number of carbonyl (C=O) groups is 3. The fourth-order valence-electron chi connectivity index (χ4n) is 17.7. The lowest BCUT2D eigenvalue weighted by atomic mass is 9.37. The lowest BCUT2D eigenvalue weighted by molar-refractivity contribution is -0.450. The molecule has 1 fully saturated rings. The van der Waals surface area contributed by atoms with Crippen LogP contribution >= 0.6 is 0 Å². The van der Waals surface area contributed by atoms with E-state index in [4.69, 9.17) is 28.4 Å². The van der Waals surface area contributed by atoms with Crippen molar-refractivity contribution < 1.29 is 73.4 Å². The number of amides is 3. The number of aryl methyl sites for hydroxylation is 3. The van der Waals surface area contributed by atoms with Crippen LogP contribution < -0.4 is 44.4 Å². The minimum absolute atomic E-state index is 0.00576. The summed E-state index contributed by atoms with van der Waals surface area (Å²) in [5, 5.41) is 104. The van der Waals surface area contributed by atoms with E-state index in [2.05, 4.69) is 16.0 Å². The zero-order chi connectivity index (χ0) is 86.1. The lowest BCUT2D eigenvalue weighted by Crippen LogP contribution is -3.02. The Morgan fingerprint density at radius 1 is 0.252 bits per heavy atom. The van der Waals surface area contributed by atoms with Crippen LogP contribution in [0.5, 0.6) is 34.5 Å². The molecule has 12 aromatic carbocycles. The van der Waals surface area contributed by atoms with Gasteiger partial charge in [0.2, 0.25) is 17.7 Å². The molecule has 0 aromatic heterocycles. The molecule has 0 radical (unpaired) electrons. The van der Waals surface area contributed by atoms with E-state index in [9.17, 15) is 0 Å². The first-order chi connectivity index (χ1) is 59.8. The van der Waals surface area contributed by atoms with Gasteiger partial charge < -0.3 is 75.0 Å². The summed E-state index contributed by atoms with van der Waals surface area (Å²) in [6, 6.07) is 93.6.